The number of fused-ring (bicyclic) bond motifs is 1. The van der Waals surface area contributed by atoms with Crippen molar-refractivity contribution in [2.24, 2.45) is 0 Å². The molecule has 3 rings (SSSR count). The van der Waals surface area contributed by atoms with Gasteiger partial charge in [0.2, 0.25) is 0 Å². The molecule has 1 heterocycles. The Bertz CT molecular complexity index is 879. The van der Waals surface area contributed by atoms with Crippen molar-refractivity contribution in [2.45, 2.75) is 19.9 Å². The minimum absolute atomic E-state index is 0.302. The van der Waals surface area contributed by atoms with Gasteiger partial charge in [-0.1, -0.05) is 36.4 Å². The van der Waals surface area contributed by atoms with Gasteiger partial charge in [0.25, 0.3) is 5.91 Å². The lowest BCUT2D eigenvalue weighted by atomic mass is 10.1. The van der Waals surface area contributed by atoms with E-state index in [1.54, 1.807) is 38.1 Å². The molecule has 5 heteroatoms. The summed E-state index contributed by atoms with van der Waals surface area (Å²) in [5, 5.41) is 3.48. The maximum absolute atomic E-state index is 13.8. The smallest absolute Gasteiger partial charge is 0.271 e. The zero-order chi connectivity index (χ0) is 16.4. The van der Waals surface area contributed by atoms with E-state index in [9.17, 15) is 9.18 Å². The summed E-state index contributed by atoms with van der Waals surface area (Å²) in [5.41, 5.74) is 1.45. The van der Waals surface area contributed by atoms with Gasteiger partial charge in [0.1, 0.15) is 17.3 Å². The molecule has 4 nitrogen and oxygen atoms in total. The first-order valence-corrected chi connectivity index (χ1v) is 7.35. The van der Waals surface area contributed by atoms with Gasteiger partial charge in [0, 0.05) is 10.9 Å². The molecule has 0 spiro atoms. The molecule has 0 radical (unpaired) electrons. The monoisotopic (exact) mass is 309 g/mol. The number of aryl methyl sites for hydroxylation is 1. The van der Waals surface area contributed by atoms with Gasteiger partial charge >= 0.3 is 0 Å². The molecule has 1 amide bonds. The fourth-order valence-electron chi connectivity index (χ4n) is 2.53. The summed E-state index contributed by atoms with van der Waals surface area (Å²) < 4.78 is 13.8. The molecule has 0 saturated heterocycles. The van der Waals surface area contributed by atoms with Crippen LogP contribution in [0.5, 0.6) is 0 Å². The number of nitrogens with zero attached hydrogens (tertiary/aromatic N) is 2. The molecule has 1 unspecified atom stereocenters. The third-order valence-corrected chi connectivity index (χ3v) is 3.65. The zero-order valence-corrected chi connectivity index (χ0v) is 12.9. The Kier molecular flexibility index (Phi) is 4.02. The second-order valence-electron chi connectivity index (χ2n) is 5.35. The lowest BCUT2D eigenvalue weighted by Crippen LogP contribution is -2.28. The molecule has 1 aromatic heterocycles. The molecule has 116 valence electrons. The topological polar surface area (TPSA) is 54.9 Å². The van der Waals surface area contributed by atoms with Gasteiger partial charge in [-0.25, -0.2) is 14.4 Å². The molecule has 0 aliphatic rings. The fraction of sp³-hybridized carbons (Fsp3) is 0.167. The van der Waals surface area contributed by atoms with Crippen LogP contribution in [-0.4, -0.2) is 15.9 Å². The maximum atomic E-state index is 13.8. The van der Waals surface area contributed by atoms with Gasteiger partial charge in [-0.05, 0) is 26.0 Å². The van der Waals surface area contributed by atoms with Gasteiger partial charge in [0.05, 0.1) is 11.6 Å². The van der Waals surface area contributed by atoms with E-state index in [4.69, 9.17) is 0 Å². The van der Waals surface area contributed by atoms with Crippen molar-refractivity contribution < 1.29 is 9.18 Å². The van der Waals surface area contributed by atoms with E-state index in [0.717, 1.165) is 0 Å². The van der Waals surface area contributed by atoms with Gasteiger partial charge in [0.15, 0.2) is 0 Å². The number of hydrogen-bond donors (Lipinski definition) is 1. The van der Waals surface area contributed by atoms with E-state index >= 15 is 0 Å². The number of halogens is 1. The van der Waals surface area contributed by atoms with Crippen LogP contribution in [0.4, 0.5) is 4.39 Å². The molecular formula is C18H16FN3O. The third kappa shape index (κ3) is 3.04. The lowest BCUT2D eigenvalue weighted by molar-refractivity contribution is 0.0936. The molecule has 3 aromatic rings. The fourth-order valence-corrected chi connectivity index (χ4v) is 2.53. The number of benzene rings is 2. The molecule has 2 aromatic carbocycles. The number of amides is 1. The Balaban J connectivity index is 1.94. The van der Waals surface area contributed by atoms with Crippen molar-refractivity contribution in [1.29, 1.82) is 0 Å². The molecule has 1 N–H and O–H groups in total. The van der Waals surface area contributed by atoms with Crippen LogP contribution in [0.25, 0.3) is 10.9 Å². The van der Waals surface area contributed by atoms with Gasteiger partial charge < -0.3 is 5.32 Å². The van der Waals surface area contributed by atoms with E-state index in [0.29, 0.717) is 28.0 Å². The van der Waals surface area contributed by atoms with Crippen LogP contribution in [-0.2, 0) is 0 Å². The van der Waals surface area contributed by atoms with Crippen molar-refractivity contribution in [3.05, 3.63) is 71.4 Å². The largest absolute Gasteiger partial charge is 0.344 e. The lowest BCUT2D eigenvalue weighted by Gasteiger charge is -2.15. The van der Waals surface area contributed by atoms with Crippen LogP contribution in [0.3, 0.4) is 0 Å². The highest BCUT2D eigenvalue weighted by Crippen LogP contribution is 2.19. The van der Waals surface area contributed by atoms with Crippen molar-refractivity contribution in [3.8, 4) is 0 Å². The van der Waals surface area contributed by atoms with Crippen molar-refractivity contribution in [2.75, 3.05) is 0 Å². The van der Waals surface area contributed by atoms with Gasteiger partial charge in [-0.15, -0.1) is 0 Å². The number of nitrogens with one attached hydrogen (secondary N) is 1. The van der Waals surface area contributed by atoms with E-state index in [1.165, 1.54) is 6.07 Å². The molecule has 0 aliphatic carbocycles. The van der Waals surface area contributed by atoms with Crippen LogP contribution in [0.15, 0.2) is 48.5 Å². The van der Waals surface area contributed by atoms with Crippen LogP contribution in [0.1, 0.15) is 34.8 Å². The predicted molar refractivity (Wildman–Crippen MR) is 86.6 cm³/mol. The van der Waals surface area contributed by atoms with Crippen LogP contribution < -0.4 is 5.32 Å². The quantitative estimate of drug-likeness (QED) is 0.804. The zero-order valence-electron chi connectivity index (χ0n) is 12.9. The SMILES string of the molecule is Cc1nc(C(=O)NC(C)c2ccccc2F)c2ccccc2n1. The standard InChI is InChI=1S/C18H16FN3O/c1-11(13-7-3-5-9-15(13)19)20-18(23)17-14-8-4-6-10-16(14)21-12(2)22-17/h3-11H,1-2H3,(H,20,23). The summed E-state index contributed by atoms with van der Waals surface area (Å²) in [4.78, 5) is 21.2. The van der Waals surface area contributed by atoms with Crippen molar-refractivity contribution in [1.82, 2.24) is 15.3 Å². The minimum Gasteiger partial charge on any atom is -0.344 e. The first kappa shape index (κ1) is 15.1. The number of para-hydroxylation sites is 1. The summed E-state index contributed by atoms with van der Waals surface area (Å²) in [6.45, 7) is 3.48. The summed E-state index contributed by atoms with van der Waals surface area (Å²) in [5.74, 6) is -0.168. The Morgan fingerprint density at radius 1 is 1.09 bits per heavy atom. The highest BCUT2D eigenvalue weighted by Gasteiger charge is 2.18. The minimum atomic E-state index is -0.460. The normalized spacial score (nSPS) is 12.1. The Labute approximate surface area is 133 Å². The third-order valence-electron chi connectivity index (χ3n) is 3.65. The van der Waals surface area contributed by atoms with Crippen LogP contribution in [0, 0.1) is 12.7 Å². The van der Waals surface area contributed by atoms with Gasteiger partial charge in [-0.3, -0.25) is 4.79 Å². The molecule has 0 saturated carbocycles. The molecule has 0 aliphatic heterocycles. The van der Waals surface area contributed by atoms with Crippen LogP contribution >= 0.6 is 0 Å². The van der Waals surface area contributed by atoms with Crippen LogP contribution in [0.2, 0.25) is 0 Å². The summed E-state index contributed by atoms with van der Waals surface area (Å²) in [6.07, 6.45) is 0. The highest BCUT2D eigenvalue weighted by molar-refractivity contribution is 6.04. The molecule has 0 bridgehead atoms. The number of carbonyl (C=O) groups is 1. The van der Waals surface area contributed by atoms with E-state index in [1.807, 2.05) is 18.2 Å². The predicted octanol–water partition coefficient (Wildman–Crippen LogP) is 3.57. The number of hydrogen-bond acceptors (Lipinski definition) is 3. The average molecular weight is 309 g/mol. The van der Waals surface area contributed by atoms with E-state index < -0.39 is 6.04 Å². The Hall–Kier alpha value is -2.82. The second kappa shape index (κ2) is 6.12. The van der Waals surface area contributed by atoms with Gasteiger partial charge in [-0.2, -0.15) is 0 Å². The number of rotatable bonds is 3. The molecule has 1 atom stereocenters. The van der Waals surface area contributed by atoms with E-state index in [-0.39, 0.29) is 11.7 Å². The highest BCUT2D eigenvalue weighted by atomic mass is 19.1. The first-order valence-electron chi connectivity index (χ1n) is 7.35. The second-order valence-corrected chi connectivity index (χ2v) is 5.35. The molecule has 23 heavy (non-hydrogen) atoms. The summed E-state index contributed by atoms with van der Waals surface area (Å²) in [6, 6.07) is 13.3. The molecule has 0 fully saturated rings. The van der Waals surface area contributed by atoms with E-state index in [2.05, 4.69) is 15.3 Å². The number of carbonyl (C=O) groups excluding carboxylic acids is 1. The van der Waals surface area contributed by atoms with Crippen molar-refractivity contribution >= 4 is 16.8 Å². The molecular weight excluding hydrogens is 293 g/mol. The summed E-state index contributed by atoms with van der Waals surface area (Å²) in [7, 11) is 0. The summed E-state index contributed by atoms with van der Waals surface area (Å²) >= 11 is 0. The Morgan fingerprint density at radius 2 is 1.78 bits per heavy atom. The Morgan fingerprint density at radius 3 is 2.57 bits per heavy atom. The first-order chi connectivity index (χ1) is 11.1. The maximum Gasteiger partial charge on any atom is 0.271 e. The van der Waals surface area contributed by atoms with Crippen molar-refractivity contribution in [3.63, 3.8) is 0 Å². The average Bonchev–Trinajstić information content (AvgIpc) is 2.54. The number of aromatic nitrogens is 2.